The Hall–Kier alpha value is -0.840. The molecule has 1 fully saturated rings. The van der Waals surface area contributed by atoms with Gasteiger partial charge in [0.25, 0.3) is 0 Å². The summed E-state index contributed by atoms with van der Waals surface area (Å²) in [6.07, 6.45) is 0.481. The summed E-state index contributed by atoms with van der Waals surface area (Å²) in [5.41, 5.74) is -0.218. The van der Waals surface area contributed by atoms with E-state index in [0.29, 0.717) is 12.0 Å². The molecule has 0 aromatic carbocycles. The SMILES string of the molecule is C=C(C)C(=O)N[C@@]1(C)CCS(=O)(=O)C1. The maximum atomic E-state index is 11.3. The predicted octanol–water partition coefficient (Wildman–Crippen LogP) is 0.256. The van der Waals surface area contributed by atoms with Crippen LogP contribution in [-0.2, 0) is 14.6 Å². The van der Waals surface area contributed by atoms with E-state index >= 15 is 0 Å². The number of carbonyl (C=O) groups excluding carboxylic acids is 1. The molecule has 0 saturated carbocycles. The first-order valence-corrected chi connectivity index (χ1v) is 6.25. The molecule has 0 unspecified atom stereocenters. The van der Waals surface area contributed by atoms with E-state index in [1.165, 1.54) is 0 Å². The second-order valence-electron chi connectivity index (χ2n) is 4.14. The summed E-state index contributed by atoms with van der Waals surface area (Å²) in [5.74, 6) is -0.0940. The minimum Gasteiger partial charge on any atom is -0.346 e. The van der Waals surface area contributed by atoms with E-state index in [1.807, 2.05) is 0 Å². The third-order valence-electron chi connectivity index (χ3n) is 2.31. The fraction of sp³-hybridized carbons (Fsp3) is 0.667. The molecular formula is C9H15NO3S. The predicted molar refractivity (Wildman–Crippen MR) is 54.6 cm³/mol. The molecule has 1 amide bonds. The van der Waals surface area contributed by atoms with Crippen molar-refractivity contribution in [1.29, 1.82) is 0 Å². The number of carbonyl (C=O) groups is 1. The van der Waals surface area contributed by atoms with Crippen molar-refractivity contribution < 1.29 is 13.2 Å². The number of hydrogen-bond acceptors (Lipinski definition) is 3. The fourth-order valence-electron chi connectivity index (χ4n) is 1.49. The number of hydrogen-bond donors (Lipinski definition) is 1. The number of amides is 1. The van der Waals surface area contributed by atoms with Crippen molar-refractivity contribution in [3.63, 3.8) is 0 Å². The van der Waals surface area contributed by atoms with Gasteiger partial charge in [-0.1, -0.05) is 6.58 Å². The molecule has 4 nitrogen and oxygen atoms in total. The van der Waals surface area contributed by atoms with Crippen molar-refractivity contribution in [3.8, 4) is 0 Å². The van der Waals surface area contributed by atoms with Crippen molar-refractivity contribution in [3.05, 3.63) is 12.2 Å². The van der Waals surface area contributed by atoms with Crippen LogP contribution in [0.4, 0.5) is 0 Å². The van der Waals surface area contributed by atoms with Gasteiger partial charge in [0.15, 0.2) is 9.84 Å². The topological polar surface area (TPSA) is 63.2 Å². The summed E-state index contributed by atoms with van der Waals surface area (Å²) in [7, 11) is -2.97. The standard InChI is InChI=1S/C9H15NO3S/c1-7(2)8(11)10-9(3)4-5-14(12,13)6-9/h1,4-6H2,2-3H3,(H,10,11)/t9-/m0/s1. The highest BCUT2D eigenvalue weighted by atomic mass is 32.2. The molecular weight excluding hydrogens is 202 g/mol. The summed E-state index contributed by atoms with van der Waals surface area (Å²) in [4.78, 5) is 11.3. The van der Waals surface area contributed by atoms with Crippen molar-refractivity contribution >= 4 is 15.7 Å². The van der Waals surface area contributed by atoms with E-state index in [4.69, 9.17) is 0 Å². The highest BCUT2D eigenvalue weighted by molar-refractivity contribution is 7.91. The Morgan fingerprint density at radius 2 is 2.07 bits per heavy atom. The second-order valence-corrected chi connectivity index (χ2v) is 6.32. The highest BCUT2D eigenvalue weighted by Crippen LogP contribution is 2.22. The number of sulfone groups is 1. The normalized spacial score (nSPS) is 29.9. The van der Waals surface area contributed by atoms with Crippen LogP contribution in [0, 0.1) is 0 Å². The number of nitrogens with one attached hydrogen (secondary N) is 1. The molecule has 1 atom stereocenters. The van der Waals surface area contributed by atoms with Gasteiger partial charge in [0.2, 0.25) is 5.91 Å². The van der Waals surface area contributed by atoms with E-state index < -0.39 is 15.4 Å². The van der Waals surface area contributed by atoms with Gasteiger partial charge in [-0.25, -0.2) is 8.42 Å². The van der Waals surface area contributed by atoms with Gasteiger partial charge < -0.3 is 5.32 Å². The van der Waals surface area contributed by atoms with Crippen LogP contribution in [-0.4, -0.2) is 31.4 Å². The van der Waals surface area contributed by atoms with Gasteiger partial charge in [-0.3, -0.25) is 4.79 Å². The van der Waals surface area contributed by atoms with Gasteiger partial charge in [0.1, 0.15) is 0 Å². The maximum Gasteiger partial charge on any atom is 0.246 e. The Kier molecular flexibility index (Phi) is 2.71. The summed E-state index contributed by atoms with van der Waals surface area (Å²) >= 11 is 0. The summed E-state index contributed by atoms with van der Waals surface area (Å²) < 4.78 is 22.4. The molecule has 0 aromatic rings. The Balaban J connectivity index is 2.71. The third-order valence-corrected chi connectivity index (χ3v) is 4.21. The van der Waals surface area contributed by atoms with Gasteiger partial charge >= 0.3 is 0 Å². The molecule has 5 heteroatoms. The Bertz CT molecular complexity index is 372. The largest absolute Gasteiger partial charge is 0.346 e. The zero-order valence-corrected chi connectivity index (χ0v) is 9.28. The van der Waals surface area contributed by atoms with E-state index in [1.54, 1.807) is 13.8 Å². The van der Waals surface area contributed by atoms with E-state index in [2.05, 4.69) is 11.9 Å². The van der Waals surface area contributed by atoms with E-state index in [0.717, 1.165) is 0 Å². The summed E-state index contributed by atoms with van der Waals surface area (Å²) in [5, 5.41) is 2.69. The average Bonchev–Trinajstić information content (AvgIpc) is 2.25. The molecule has 1 rings (SSSR count). The van der Waals surface area contributed by atoms with Crippen LogP contribution in [0.3, 0.4) is 0 Å². The van der Waals surface area contributed by atoms with Crippen molar-refractivity contribution in [1.82, 2.24) is 5.32 Å². The van der Waals surface area contributed by atoms with Crippen LogP contribution in [0.5, 0.6) is 0 Å². The number of rotatable bonds is 2. The maximum absolute atomic E-state index is 11.3. The Morgan fingerprint density at radius 1 is 1.50 bits per heavy atom. The monoisotopic (exact) mass is 217 g/mol. The lowest BCUT2D eigenvalue weighted by Crippen LogP contribution is -2.47. The van der Waals surface area contributed by atoms with Gasteiger partial charge in [-0.15, -0.1) is 0 Å². The van der Waals surface area contributed by atoms with Crippen LogP contribution >= 0.6 is 0 Å². The minimum absolute atomic E-state index is 0.0268. The van der Waals surface area contributed by atoms with Crippen LogP contribution in [0.2, 0.25) is 0 Å². The molecule has 1 saturated heterocycles. The molecule has 0 aliphatic carbocycles. The lowest BCUT2D eigenvalue weighted by atomic mass is 10.0. The quantitative estimate of drug-likeness (QED) is 0.675. The molecule has 0 spiro atoms. The minimum atomic E-state index is -2.97. The Morgan fingerprint density at radius 3 is 2.43 bits per heavy atom. The third kappa shape index (κ3) is 2.57. The van der Waals surface area contributed by atoms with Gasteiger partial charge in [-0.2, -0.15) is 0 Å². The lowest BCUT2D eigenvalue weighted by molar-refractivity contribution is -0.118. The first-order valence-electron chi connectivity index (χ1n) is 4.43. The van der Waals surface area contributed by atoms with E-state index in [-0.39, 0.29) is 17.4 Å². The zero-order valence-electron chi connectivity index (χ0n) is 8.46. The average molecular weight is 217 g/mol. The summed E-state index contributed by atoms with van der Waals surface area (Å²) in [6, 6.07) is 0. The lowest BCUT2D eigenvalue weighted by Gasteiger charge is -2.23. The zero-order chi connectivity index (χ0) is 11.0. The van der Waals surface area contributed by atoms with Crippen molar-refractivity contribution in [2.75, 3.05) is 11.5 Å². The molecule has 0 aromatic heterocycles. The van der Waals surface area contributed by atoms with Crippen LogP contribution in [0.1, 0.15) is 20.3 Å². The van der Waals surface area contributed by atoms with Gasteiger partial charge in [0, 0.05) is 5.57 Å². The second kappa shape index (κ2) is 3.38. The molecule has 14 heavy (non-hydrogen) atoms. The molecule has 1 heterocycles. The van der Waals surface area contributed by atoms with Crippen LogP contribution in [0.25, 0.3) is 0 Å². The summed E-state index contributed by atoms with van der Waals surface area (Å²) in [6.45, 7) is 6.85. The fourth-order valence-corrected chi connectivity index (χ4v) is 3.58. The van der Waals surface area contributed by atoms with Gasteiger partial charge in [-0.05, 0) is 20.3 Å². The molecule has 1 aliphatic heterocycles. The van der Waals surface area contributed by atoms with Crippen LogP contribution in [0.15, 0.2) is 12.2 Å². The van der Waals surface area contributed by atoms with Crippen LogP contribution < -0.4 is 5.32 Å². The van der Waals surface area contributed by atoms with Crippen molar-refractivity contribution in [2.45, 2.75) is 25.8 Å². The highest BCUT2D eigenvalue weighted by Gasteiger charge is 2.39. The molecule has 0 bridgehead atoms. The smallest absolute Gasteiger partial charge is 0.246 e. The molecule has 80 valence electrons. The Labute approximate surface area is 84.3 Å². The molecule has 1 aliphatic rings. The van der Waals surface area contributed by atoms with E-state index in [9.17, 15) is 13.2 Å². The molecule has 1 N–H and O–H groups in total. The molecule has 0 radical (unpaired) electrons. The first-order chi connectivity index (χ1) is 6.24. The van der Waals surface area contributed by atoms with Gasteiger partial charge in [0.05, 0.1) is 17.0 Å². The van der Waals surface area contributed by atoms with Crippen molar-refractivity contribution in [2.24, 2.45) is 0 Å². The first kappa shape index (κ1) is 11.2.